The van der Waals surface area contributed by atoms with E-state index in [2.05, 4.69) is 52.0 Å². The Morgan fingerprint density at radius 2 is 1.64 bits per heavy atom. The molecule has 0 saturated heterocycles. The molecule has 0 radical (unpaired) electrons. The van der Waals surface area contributed by atoms with Crippen LogP contribution in [0.3, 0.4) is 0 Å². The van der Waals surface area contributed by atoms with Crippen LogP contribution in [0, 0.1) is 5.41 Å². The van der Waals surface area contributed by atoms with Gasteiger partial charge >= 0.3 is 0 Å². The summed E-state index contributed by atoms with van der Waals surface area (Å²) >= 11 is 0. The van der Waals surface area contributed by atoms with Crippen LogP contribution in [0.15, 0.2) is 24.3 Å². The Balaban J connectivity index is 2.87. The van der Waals surface area contributed by atoms with Gasteiger partial charge < -0.3 is 5.73 Å². The number of nitrogens with two attached hydrogens (primary N) is 1. The van der Waals surface area contributed by atoms with Crippen molar-refractivity contribution in [2.24, 2.45) is 11.1 Å². The molecule has 0 aliphatic rings. The topological polar surface area (TPSA) is 26.0 Å². The van der Waals surface area contributed by atoms with Crippen molar-refractivity contribution in [1.82, 2.24) is 0 Å². The summed E-state index contributed by atoms with van der Waals surface area (Å²) in [4.78, 5) is 0. The fourth-order valence-electron chi connectivity index (χ4n) is 1.46. The summed E-state index contributed by atoms with van der Waals surface area (Å²) in [5.74, 6) is 0. The van der Waals surface area contributed by atoms with Crippen molar-refractivity contribution >= 4 is 0 Å². The lowest BCUT2D eigenvalue weighted by Crippen LogP contribution is -2.26. The van der Waals surface area contributed by atoms with Crippen molar-refractivity contribution in [2.45, 2.75) is 40.2 Å². The van der Waals surface area contributed by atoms with Gasteiger partial charge in [-0.25, -0.2) is 0 Å². The van der Waals surface area contributed by atoms with Crippen LogP contribution in [0.4, 0.5) is 0 Å². The Hall–Kier alpha value is -0.820. The quantitative estimate of drug-likeness (QED) is 0.762. The van der Waals surface area contributed by atoms with Gasteiger partial charge in [0.15, 0.2) is 0 Å². The third-order valence-electron chi connectivity index (χ3n) is 2.68. The molecule has 0 bridgehead atoms. The largest absolute Gasteiger partial charge is 0.324 e. The van der Waals surface area contributed by atoms with Gasteiger partial charge in [-0.1, -0.05) is 52.0 Å². The van der Waals surface area contributed by atoms with E-state index in [0.29, 0.717) is 0 Å². The number of aryl methyl sites for hydroxylation is 1. The molecule has 1 rings (SSSR count). The second-order valence-corrected chi connectivity index (χ2v) is 4.94. The highest BCUT2D eigenvalue weighted by molar-refractivity contribution is 5.25. The van der Waals surface area contributed by atoms with E-state index in [0.717, 1.165) is 6.42 Å². The van der Waals surface area contributed by atoms with Crippen LogP contribution in [0.5, 0.6) is 0 Å². The first kappa shape index (κ1) is 11.3. The first-order chi connectivity index (χ1) is 6.45. The van der Waals surface area contributed by atoms with Crippen molar-refractivity contribution in [3.63, 3.8) is 0 Å². The lowest BCUT2D eigenvalue weighted by Gasteiger charge is -2.27. The van der Waals surface area contributed by atoms with Crippen LogP contribution in [0.25, 0.3) is 0 Å². The highest BCUT2D eigenvalue weighted by Crippen LogP contribution is 2.30. The molecule has 0 saturated carbocycles. The van der Waals surface area contributed by atoms with E-state index in [-0.39, 0.29) is 11.5 Å². The highest BCUT2D eigenvalue weighted by atomic mass is 14.7. The highest BCUT2D eigenvalue weighted by Gasteiger charge is 2.21. The van der Waals surface area contributed by atoms with E-state index in [1.54, 1.807) is 0 Å². The smallest absolute Gasteiger partial charge is 0.0344 e. The molecule has 78 valence electrons. The lowest BCUT2D eigenvalue weighted by molar-refractivity contribution is 0.327. The molecule has 0 aliphatic heterocycles. The van der Waals surface area contributed by atoms with Gasteiger partial charge in [-0.15, -0.1) is 0 Å². The van der Waals surface area contributed by atoms with Gasteiger partial charge in [0.05, 0.1) is 0 Å². The maximum atomic E-state index is 6.16. The molecule has 14 heavy (non-hydrogen) atoms. The number of rotatable bonds is 2. The summed E-state index contributed by atoms with van der Waals surface area (Å²) < 4.78 is 0. The maximum Gasteiger partial charge on any atom is 0.0344 e. The van der Waals surface area contributed by atoms with E-state index in [1.807, 2.05) is 0 Å². The summed E-state index contributed by atoms with van der Waals surface area (Å²) in [6.45, 7) is 8.68. The van der Waals surface area contributed by atoms with E-state index in [9.17, 15) is 0 Å². The molecule has 0 amide bonds. The molecular weight excluding hydrogens is 170 g/mol. The lowest BCUT2D eigenvalue weighted by atomic mass is 9.83. The van der Waals surface area contributed by atoms with Gasteiger partial charge in [0, 0.05) is 6.04 Å². The Morgan fingerprint density at radius 3 is 2.00 bits per heavy atom. The van der Waals surface area contributed by atoms with Crippen molar-refractivity contribution in [1.29, 1.82) is 0 Å². The van der Waals surface area contributed by atoms with Crippen LogP contribution in [0.2, 0.25) is 0 Å². The van der Waals surface area contributed by atoms with E-state index < -0.39 is 0 Å². The Morgan fingerprint density at radius 1 is 1.14 bits per heavy atom. The summed E-state index contributed by atoms with van der Waals surface area (Å²) in [6, 6.07) is 8.75. The molecule has 1 nitrogen and oxygen atoms in total. The van der Waals surface area contributed by atoms with Crippen molar-refractivity contribution in [2.75, 3.05) is 0 Å². The van der Waals surface area contributed by atoms with E-state index in [4.69, 9.17) is 5.73 Å². The van der Waals surface area contributed by atoms with Gasteiger partial charge in [-0.2, -0.15) is 0 Å². The standard InChI is InChI=1S/C13H21N/c1-5-10-6-8-11(9-7-10)12(14)13(2,3)4/h6-9,12H,5,14H2,1-4H3. The predicted octanol–water partition coefficient (Wildman–Crippen LogP) is 3.29. The number of hydrogen-bond donors (Lipinski definition) is 1. The van der Waals surface area contributed by atoms with Crippen LogP contribution >= 0.6 is 0 Å². The second kappa shape index (κ2) is 4.14. The minimum atomic E-state index is 0.119. The molecule has 1 heteroatoms. The average molecular weight is 191 g/mol. The fraction of sp³-hybridized carbons (Fsp3) is 0.538. The van der Waals surface area contributed by atoms with Crippen molar-refractivity contribution in [3.05, 3.63) is 35.4 Å². The minimum Gasteiger partial charge on any atom is -0.324 e. The van der Waals surface area contributed by atoms with Crippen molar-refractivity contribution < 1.29 is 0 Å². The number of benzene rings is 1. The molecule has 0 fully saturated rings. The maximum absolute atomic E-state index is 6.16. The zero-order chi connectivity index (χ0) is 10.8. The van der Waals surface area contributed by atoms with E-state index in [1.165, 1.54) is 11.1 Å². The summed E-state index contributed by atoms with van der Waals surface area (Å²) in [6.07, 6.45) is 1.09. The molecule has 1 aromatic rings. The van der Waals surface area contributed by atoms with Gasteiger partial charge in [0.2, 0.25) is 0 Å². The van der Waals surface area contributed by atoms with Crippen LogP contribution < -0.4 is 5.73 Å². The molecule has 0 spiro atoms. The molecular formula is C13H21N. The Bertz CT molecular complexity index is 279. The zero-order valence-electron chi connectivity index (χ0n) is 9.67. The van der Waals surface area contributed by atoms with Crippen LogP contribution in [-0.4, -0.2) is 0 Å². The minimum absolute atomic E-state index is 0.119. The predicted molar refractivity (Wildman–Crippen MR) is 62.2 cm³/mol. The molecule has 0 aromatic heterocycles. The molecule has 1 atom stereocenters. The monoisotopic (exact) mass is 191 g/mol. The first-order valence-electron chi connectivity index (χ1n) is 5.29. The van der Waals surface area contributed by atoms with Crippen molar-refractivity contribution in [3.8, 4) is 0 Å². The van der Waals surface area contributed by atoms with Gasteiger partial charge in [-0.3, -0.25) is 0 Å². The number of hydrogen-bond acceptors (Lipinski definition) is 1. The van der Waals surface area contributed by atoms with Crippen LogP contribution in [0.1, 0.15) is 44.9 Å². The zero-order valence-corrected chi connectivity index (χ0v) is 9.67. The fourth-order valence-corrected chi connectivity index (χ4v) is 1.46. The summed E-state index contributed by atoms with van der Waals surface area (Å²) in [7, 11) is 0. The van der Waals surface area contributed by atoms with Gasteiger partial charge in [0.1, 0.15) is 0 Å². The van der Waals surface area contributed by atoms with Gasteiger partial charge in [-0.05, 0) is 23.0 Å². The third-order valence-corrected chi connectivity index (χ3v) is 2.68. The summed E-state index contributed by atoms with van der Waals surface area (Å²) in [5, 5.41) is 0. The molecule has 1 aromatic carbocycles. The van der Waals surface area contributed by atoms with Crippen LogP contribution in [-0.2, 0) is 6.42 Å². The molecule has 0 heterocycles. The third kappa shape index (κ3) is 2.58. The van der Waals surface area contributed by atoms with Gasteiger partial charge in [0.25, 0.3) is 0 Å². The Labute approximate surface area is 87.3 Å². The van der Waals surface area contributed by atoms with E-state index >= 15 is 0 Å². The molecule has 1 unspecified atom stereocenters. The Kier molecular flexibility index (Phi) is 3.33. The SMILES string of the molecule is CCc1ccc(C(N)C(C)(C)C)cc1. The molecule has 2 N–H and O–H groups in total. The first-order valence-corrected chi connectivity index (χ1v) is 5.29. The normalized spacial score (nSPS) is 14.1. The molecule has 0 aliphatic carbocycles. The second-order valence-electron chi connectivity index (χ2n) is 4.94. The average Bonchev–Trinajstić information content (AvgIpc) is 2.15. The summed E-state index contributed by atoms with van der Waals surface area (Å²) in [5.41, 5.74) is 8.90.